The number of halogens is 4. The first-order valence-corrected chi connectivity index (χ1v) is 13.3. The van der Waals surface area contributed by atoms with E-state index in [1.807, 2.05) is 0 Å². The number of rotatable bonds is 2. The number of H-pyrrole nitrogens is 1. The average molecular weight is 694 g/mol. The summed E-state index contributed by atoms with van der Waals surface area (Å²) in [5.41, 5.74) is 2.56. The smallest absolute Gasteiger partial charge is 1.00 e. The summed E-state index contributed by atoms with van der Waals surface area (Å²) < 4.78 is 1.08. The summed E-state index contributed by atoms with van der Waals surface area (Å²) in [7, 11) is 0. The molecule has 1 aromatic rings. The Morgan fingerprint density at radius 2 is 1.91 bits per heavy atom. The summed E-state index contributed by atoms with van der Waals surface area (Å²) in [4.78, 5) is 5.20. The van der Waals surface area contributed by atoms with E-state index in [1.165, 1.54) is 58.9 Å². The van der Waals surface area contributed by atoms with Crippen molar-refractivity contribution < 1.29 is 51.0 Å². The van der Waals surface area contributed by atoms with Gasteiger partial charge in [-0.25, -0.2) is 0 Å². The van der Waals surface area contributed by atoms with Crippen molar-refractivity contribution in [2.75, 3.05) is 0 Å². The zero-order valence-corrected chi connectivity index (χ0v) is 25.3. The maximum Gasteiger partial charge on any atom is 4.00 e. The van der Waals surface area contributed by atoms with E-state index in [9.17, 15) is 0 Å². The molecule has 2 saturated carbocycles. The first kappa shape index (κ1) is 27.6. The van der Waals surface area contributed by atoms with Gasteiger partial charge in [0.15, 0.2) is 0 Å². The van der Waals surface area contributed by atoms with E-state index >= 15 is 0 Å². The fourth-order valence-corrected chi connectivity index (χ4v) is 8.97. The maximum absolute atomic E-state index is 3.81. The van der Waals surface area contributed by atoms with Crippen LogP contribution < -0.4 is 30.1 Å². The number of aromatic nitrogens is 1. The van der Waals surface area contributed by atoms with Crippen molar-refractivity contribution in [3.8, 4) is 11.1 Å². The molecule has 5 aliphatic rings. The van der Waals surface area contributed by atoms with Gasteiger partial charge in [0, 0.05) is 14.8 Å². The van der Waals surface area contributed by atoms with E-state index in [0.29, 0.717) is 10.2 Å². The molecule has 6 atom stereocenters. The Balaban J connectivity index is 0.000000963. The SMILES string of the molecule is Brc1[nH][c-]c2c3ccccc3cc-2c1SC1CCCC2C3[CH-]NC(Br)CC3CC12.[Cl-].[Cl-].[Zr+4]. The van der Waals surface area contributed by atoms with Gasteiger partial charge >= 0.3 is 26.2 Å². The number of piperidine rings is 1. The van der Waals surface area contributed by atoms with E-state index in [0.717, 1.165) is 28.3 Å². The molecule has 0 amide bonds. The topological polar surface area (TPSA) is 27.8 Å². The third-order valence-corrected chi connectivity index (χ3v) is 10.5. The molecular formula is C24H24Br2Cl2N2SZr. The number of hydrogen-bond donors (Lipinski definition) is 2. The minimum absolute atomic E-state index is 0. The zero-order valence-electron chi connectivity index (χ0n) is 17.4. The fraction of sp³-hybridized carbons (Fsp3) is 0.458. The molecule has 2 N–H and O–H groups in total. The van der Waals surface area contributed by atoms with Gasteiger partial charge in [-0.1, -0.05) is 109 Å². The summed E-state index contributed by atoms with van der Waals surface area (Å²) in [6.45, 7) is 2.43. The molecule has 2 nitrogen and oxygen atoms in total. The van der Waals surface area contributed by atoms with Crippen LogP contribution in [0.5, 0.6) is 0 Å². The van der Waals surface area contributed by atoms with E-state index in [-0.39, 0.29) is 51.0 Å². The van der Waals surface area contributed by atoms with E-state index in [4.69, 9.17) is 0 Å². The molecule has 0 bridgehead atoms. The molecule has 6 unspecified atom stereocenters. The molecule has 32 heavy (non-hydrogen) atoms. The van der Waals surface area contributed by atoms with Gasteiger partial charge in [-0.3, -0.25) is 6.54 Å². The number of benzene rings is 1. The number of thioether (sulfide) groups is 1. The van der Waals surface area contributed by atoms with Crippen LogP contribution in [-0.2, 0) is 26.2 Å². The molecule has 168 valence electrons. The Bertz CT molecular complexity index is 1030. The Morgan fingerprint density at radius 1 is 1.09 bits per heavy atom. The number of pyridine rings is 1. The minimum atomic E-state index is 0. The Morgan fingerprint density at radius 3 is 2.75 bits per heavy atom. The average Bonchev–Trinajstić information content (AvgIpc) is 3.28. The van der Waals surface area contributed by atoms with Gasteiger partial charge in [-0.15, -0.1) is 23.2 Å². The Kier molecular flexibility index (Phi) is 9.78. The monoisotopic (exact) mass is 690 g/mol. The van der Waals surface area contributed by atoms with Gasteiger partial charge in [-0.05, 0) is 30.1 Å². The molecule has 2 heterocycles. The quantitative estimate of drug-likeness (QED) is 0.183. The molecular weight excluding hydrogens is 670 g/mol. The van der Waals surface area contributed by atoms with Crippen molar-refractivity contribution >= 4 is 54.4 Å². The second-order valence-electron chi connectivity index (χ2n) is 8.94. The van der Waals surface area contributed by atoms with Crippen LogP contribution in [0.1, 0.15) is 32.1 Å². The third-order valence-electron chi connectivity index (χ3n) is 7.46. The first-order chi connectivity index (χ1) is 14.2. The van der Waals surface area contributed by atoms with E-state index in [1.54, 1.807) is 0 Å². The van der Waals surface area contributed by atoms with Crippen molar-refractivity contribution in [1.82, 2.24) is 10.3 Å². The first-order valence-electron chi connectivity index (χ1n) is 10.7. The summed E-state index contributed by atoms with van der Waals surface area (Å²) in [5.74, 6) is 3.29. The fourth-order valence-electron chi connectivity index (χ4n) is 6.22. The summed E-state index contributed by atoms with van der Waals surface area (Å²) in [5, 5.41) is 6.88. The molecule has 0 spiro atoms. The summed E-state index contributed by atoms with van der Waals surface area (Å²) >= 11 is 9.71. The molecule has 0 radical (unpaired) electrons. The molecule has 3 fully saturated rings. The van der Waals surface area contributed by atoms with Gasteiger partial charge in [0.25, 0.3) is 0 Å². The van der Waals surface area contributed by atoms with Gasteiger partial charge in [0.05, 0.1) is 0 Å². The molecule has 8 heteroatoms. The number of fused-ring (bicyclic) bond motifs is 6. The van der Waals surface area contributed by atoms with Crippen molar-refractivity contribution in [3.05, 3.63) is 47.7 Å². The summed E-state index contributed by atoms with van der Waals surface area (Å²) in [6, 6.07) is 11.0. The van der Waals surface area contributed by atoms with Gasteiger partial charge < -0.3 is 35.1 Å². The predicted molar refractivity (Wildman–Crippen MR) is 128 cm³/mol. The van der Waals surface area contributed by atoms with Crippen LogP contribution in [0.25, 0.3) is 21.9 Å². The largest absolute Gasteiger partial charge is 4.00 e. The van der Waals surface area contributed by atoms with Crippen LogP contribution >= 0.6 is 43.6 Å². The van der Waals surface area contributed by atoms with Crippen LogP contribution in [0.2, 0.25) is 0 Å². The third kappa shape index (κ3) is 4.82. The minimum Gasteiger partial charge on any atom is -1.00 e. The van der Waals surface area contributed by atoms with Gasteiger partial charge in [0.1, 0.15) is 0 Å². The van der Waals surface area contributed by atoms with E-state index < -0.39 is 0 Å². The Labute approximate surface area is 243 Å². The zero-order chi connectivity index (χ0) is 19.5. The molecule has 0 aromatic heterocycles. The van der Waals surface area contributed by atoms with Gasteiger partial charge in [-0.2, -0.15) is 0 Å². The van der Waals surface area contributed by atoms with E-state index in [2.05, 4.69) is 97.0 Å². The van der Waals surface area contributed by atoms with Crippen molar-refractivity contribution in [2.24, 2.45) is 23.7 Å². The molecule has 2 aliphatic heterocycles. The van der Waals surface area contributed by atoms with Crippen LogP contribution in [0.3, 0.4) is 0 Å². The number of nitrogens with one attached hydrogen (secondary N) is 2. The van der Waals surface area contributed by atoms with Crippen molar-refractivity contribution in [3.63, 3.8) is 0 Å². The van der Waals surface area contributed by atoms with Crippen LogP contribution in [0.15, 0.2) is 39.8 Å². The van der Waals surface area contributed by atoms with Crippen molar-refractivity contribution in [2.45, 2.75) is 47.2 Å². The second kappa shape index (κ2) is 11.4. The molecule has 6 rings (SSSR count). The normalized spacial score (nSPS) is 31.2. The molecule has 3 aliphatic carbocycles. The summed E-state index contributed by atoms with van der Waals surface area (Å²) in [6.07, 6.45) is 10.2. The number of aromatic amines is 1. The number of hydrogen-bond acceptors (Lipinski definition) is 2. The van der Waals surface area contributed by atoms with Crippen molar-refractivity contribution in [1.29, 1.82) is 0 Å². The van der Waals surface area contributed by atoms with Gasteiger partial charge in [0.2, 0.25) is 0 Å². The second-order valence-corrected chi connectivity index (χ2v) is 12.1. The molecule has 1 saturated heterocycles. The number of alkyl halides is 1. The Hall–Kier alpha value is 0.973. The molecule has 1 aromatic carbocycles. The predicted octanol–water partition coefficient (Wildman–Crippen LogP) is 1.23. The standard InChI is InChI=1S/C24H24Br2N2S.2ClH.Zr/c25-22-10-14-9-17-16(19(14)11-27-22)6-3-7-21(17)29-23-18-8-13-4-1-2-5-15(13)20(18)12-28-24(23)26;;;/h1-2,4-5,8,11,14,16-17,19,21-22,27-28H,3,6-7,9-10H2;2*1H;/q-2;;;+4/p-2. The maximum atomic E-state index is 3.81. The van der Waals surface area contributed by atoms with Crippen LogP contribution in [-0.4, -0.2) is 15.2 Å². The van der Waals surface area contributed by atoms with Crippen LogP contribution in [0.4, 0.5) is 0 Å². The van der Waals surface area contributed by atoms with Crippen LogP contribution in [0, 0.1) is 36.4 Å².